The minimum Gasteiger partial charge on any atom is -0.375 e. The molecule has 0 fully saturated rings. The summed E-state index contributed by atoms with van der Waals surface area (Å²) in [6.07, 6.45) is 2.53. The maximum Gasteiger partial charge on any atom is 0.287 e. The van der Waals surface area contributed by atoms with Crippen molar-refractivity contribution in [2.75, 3.05) is 5.32 Å². The number of thiophene rings is 1. The van der Waals surface area contributed by atoms with Crippen molar-refractivity contribution < 1.29 is 0 Å². The van der Waals surface area contributed by atoms with Crippen LogP contribution in [0.4, 0.5) is 5.69 Å². The van der Waals surface area contributed by atoms with Crippen molar-refractivity contribution in [2.24, 2.45) is 0 Å². The first-order chi connectivity index (χ1) is 9.54. The molecule has 0 aliphatic rings. The molecule has 0 aliphatic carbocycles. The molecular weight excluding hydrogens is 294 g/mol. The maximum absolute atomic E-state index is 12.1. The van der Waals surface area contributed by atoms with Crippen LogP contribution in [0.3, 0.4) is 0 Å². The van der Waals surface area contributed by atoms with Crippen LogP contribution in [0.5, 0.6) is 0 Å². The van der Waals surface area contributed by atoms with Gasteiger partial charge in [-0.05, 0) is 31.7 Å². The van der Waals surface area contributed by atoms with Crippen molar-refractivity contribution >= 4 is 28.6 Å². The highest BCUT2D eigenvalue weighted by Crippen LogP contribution is 2.28. The molecule has 0 bridgehead atoms. The third-order valence-corrected chi connectivity index (χ3v) is 4.41. The molecule has 0 saturated carbocycles. The van der Waals surface area contributed by atoms with Gasteiger partial charge in [-0.1, -0.05) is 24.6 Å². The minimum absolute atomic E-state index is 0.00619. The van der Waals surface area contributed by atoms with E-state index in [9.17, 15) is 4.79 Å². The van der Waals surface area contributed by atoms with Crippen LogP contribution in [0, 0.1) is 0 Å². The number of rotatable bonds is 5. The van der Waals surface area contributed by atoms with Crippen LogP contribution in [-0.4, -0.2) is 9.78 Å². The molecule has 108 valence electrons. The summed E-state index contributed by atoms with van der Waals surface area (Å²) in [5.41, 5.74) is 0.335. The highest BCUT2D eigenvalue weighted by Gasteiger charge is 2.15. The van der Waals surface area contributed by atoms with Gasteiger partial charge in [-0.25, -0.2) is 4.68 Å². The fraction of sp³-hybridized carbons (Fsp3) is 0.429. The van der Waals surface area contributed by atoms with E-state index >= 15 is 0 Å². The van der Waals surface area contributed by atoms with Crippen molar-refractivity contribution in [2.45, 2.75) is 39.3 Å². The van der Waals surface area contributed by atoms with Gasteiger partial charge in [0.25, 0.3) is 5.56 Å². The monoisotopic (exact) mass is 311 g/mol. The summed E-state index contributed by atoms with van der Waals surface area (Å²) in [7, 11) is 0. The quantitative estimate of drug-likeness (QED) is 0.904. The Kier molecular flexibility index (Phi) is 4.83. The number of hydrogen-bond acceptors (Lipinski definition) is 4. The van der Waals surface area contributed by atoms with Gasteiger partial charge in [0.2, 0.25) is 0 Å². The van der Waals surface area contributed by atoms with Crippen LogP contribution in [0.1, 0.15) is 44.2 Å². The van der Waals surface area contributed by atoms with Gasteiger partial charge in [0, 0.05) is 4.88 Å². The first kappa shape index (κ1) is 15.1. The number of hydrogen-bond donors (Lipinski definition) is 1. The molecule has 4 nitrogen and oxygen atoms in total. The molecule has 1 unspecified atom stereocenters. The van der Waals surface area contributed by atoms with Crippen molar-refractivity contribution in [1.82, 2.24) is 9.78 Å². The lowest BCUT2D eigenvalue weighted by Crippen LogP contribution is -2.26. The van der Waals surface area contributed by atoms with Crippen molar-refractivity contribution in [3.8, 4) is 0 Å². The Labute approximate surface area is 127 Å². The zero-order valence-corrected chi connectivity index (χ0v) is 13.3. The predicted molar refractivity (Wildman–Crippen MR) is 84.9 cm³/mol. The lowest BCUT2D eigenvalue weighted by atomic mass is 10.2. The van der Waals surface area contributed by atoms with Crippen LogP contribution < -0.4 is 10.9 Å². The second kappa shape index (κ2) is 6.41. The largest absolute Gasteiger partial charge is 0.375 e. The van der Waals surface area contributed by atoms with Gasteiger partial charge in [-0.3, -0.25) is 4.79 Å². The van der Waals surface area contributed by atoms with Crippen LogP contribution >= 0.6 is 22.9 Å². The molecule has 0 aromatic carbocycles. The molecular formula is C14H18ClN3OS. The fourth-order valence-electron chi connectivity index (χ4n) is 1.96. The average molecular weight is 312 g/mol. The topological polar surface area (TPSA) is 46.9 Å². The average Bonchev–Trinajstić information content (AvgIpc) is 2.94. The molecule has 0 aliphatic heterocycles. The molecule has 6 heteroatoms. The predicted octanol–water partition coefficient (Wildman–Crippen LogP) is 4.10. The Morgan fingerprint density at radius 2 is 2.25 bits per heavy atom. The van der Waals surface area contributed by atoms with Crippen LogP contribution in [0.2, 0.25) is 5.02 Å². The normalized spacial score (nSPS) is 12.7. The van der Waals surface area contributed by atoms with E-state index in [0.29, 0.717) is 5.69 Å². The SMILES string of the molecule is CCC(Nc1cnn(C(C)C)c(=O)c1Cl)c1cccs1. The molecule has 0 amide bonds. The van der Waals surface area contributed by atoms with Gasteiger partial charge in [0.1, 0.15) is 5.02 Å². The third kappa shape index (κ3) is 3.04. The van der Waals surface area contributed by atoms with E-state index in [0.717, 1.165) is 6.42 Å². The van der Waals surface area contributed by atoms with Crippen LogP contribution in [-0.2, 0) is 0 Å². The van der Waals surface area contributed by atoms with Gasteiger partial charge in [-0.15, -0.1) is 11.3 Å². The van der Waals surface area contributed by atoms with E-state index in [1.807, 2.05) is 25.3 Å². The molecule has 0 spiro atoms. The Hall–Kier alpha value is -1.33. The molecule has 1 atom stereocenters. The van der Waals surface area contributed by atoms with E-state index in [1.54, 1.807) is 17.5 Å². The standard InChI is InChI=1S/C14H18ClN3OS/c1-4-10(12-6-5-7-20-12)17-11-8-16-18(9(2)3)14(19)13(11)15/h5-10,17H,4H2,1-3H3. The molecule has 2 aromatic rings. The molecule has 1 N–H and O–H groups in total. The van der Waals surface area contributed by atoms with E-state index in [-0.39, 0.29) is 22.7 Å². The molecule has 2 heterocycles. The second-order valence-electron chi connectivity index (χ2n) is 4.84. The summed E-state index contributed by atoms with van der Waals surface area (Å²) >= 11 is 7.86. The van der Waals surface area contributed by atoms with Crippen LogP contribution in [0.15, 0.2) is 28.5 Å². The van der Waals surface area contributed by atoms with E-state index in [4.69, 9.17) is 11.6 Å². The third-order valence-electron chi connectivity index (χ3n) is 3.06. The zero-order valence-electron chi connectivity index (χ0n) is 11.8. The van der Waals surface area contributed by atoms with Gasteiger partial charge in [0.05, 0.1) is 24.0 Å². The first-order valence-corrected chi connectivity index (χ1v) is 7.87. The highest BCUT2D eigenvalue weighted by molar-refractivity contribution is 7.10. The fourth-order valence-corrected chi connectivity index (χ4v) is 3.02. The molecule has 0 saturated heterocycles. The Morgan fingerprint density at radius 3 is 2.80 bits per heavy atom. The second-order valence-corrected chi connectivity index (χ2v) is 6.19. The van der Waals surface area contributed by atoms with Gasteiger partial charge in [0.15, 0.2) is 0 Å². The first-order valence-electron chi connectivity index (χ1n) is 6.61. The lowest BCUT2D eigenvalue weighted by molar-refractivity contribution is 0.503. The number of halogens is 1. The molecule has 20 heavy (non-hydrogen) atoms. The van der Waals surface area contributed by atoms with Gasteiger partial charge < -0.3 is 5.32 Å². The Balaban J connectivity index is 2.30. The summed E-state index contributed by atoms with van der Waals surface area (Å²) in [6, 6.07) is 4.22. The van der Waals surface area contributed by atoms with E-state index in [2.05, 4.69) is 23.4 Å². The number of nitrogens with zero attached hydrogens (tertiary/aromatic N) is 2. The summed E-state index contributed by atoms with van der Waals surface area (Å²) in [6.45, 7) is 5.89. The summed E-state index contributed by atoms with van der Waals surface area (Å²) in [5, 5.41) is 9.71. The van der Waals surface area contributed by atoms with Crippen molar-refractivity contribution in [3.05, 3.63) is 44.0 Å². The van der Waals surface area contributed by atoms with E-state index in [1.165, 1.54) is 9.56 Å². The van der Waals surface area contributed by atoms with Crippen molar-refractivity contribution in [3.63, 3.8) is 0 Å². The van der Waals surface area contributed by atoms with Gasteiger partial charge >= 0.3 is 0 Å². The molecule has 2 aromatic heterocycles. The van der Waals surface area contributed by atoms with Gasteiger partial charge in [-0.2, -0.15) is 5.10 Å². The summed E-state index contributed by atoms with van der Waals surface area (Å²) < 4.78 is 1.39. The minimum atomic E-state index is -0.257. The number of anilines is 1. The Morgan fingerprint density at radius 1 is 1.50 bits per heavy atom. The smallest absolute Gasteiger partial charge is 0.287 e. The summed E-state index contributed by atoms with van der Waals surface area (Å²) in [5.74, 6) is 0. The molecule has 2 rings (SSSR count). The lowest BCUT2D eigenvalue weighted by Gasteiger charge is -2.18. The van der Waals surface area contributed by atoms with Crippen LogP contribution in [0.25, 0.3) is 0 Å². The maximum atomic E-state index is 12.1. The summed E-state index contributed by atoms with van der Waals surface area (Å²) in [4.78, 5) is 13.3. The Bertz CT molecular complexity index is 622. The van der Waals surface area contributed by atoms with Crippen molar-refractivity contribution in [1.29, 1.82) is 0 Å². The highest BCUT2D eigenvalue weighted by atomic mass is 35.5. The molecule has 0 radical (unpaired) electrons. The number of aromatic nitrogens is 2. The number of nitrogens with one attached hydrogen (secondary N) is 1. The zero-order chi connectivity index (χ0) is 14.7. The van der Waals surface area contributed by atoms with E-state index < -0.39 is 0 Å².